The molecule has 1 heterocycles. The lowest BCUT2D eigenvalue weighted by Crippen LogP contribution is -2.38. The highest BCUT2D eigenvalue weighted by Crippen LogP contribution is 2.18. The first-order valence-electron chi connectivity index (χ1n) is 10.2. The lowest BCUT2D eigenvalue weighted by molar-refractivity contribution is 0.297. The summed E-state index contributed by atoms with van der Waals surface area (Å²) in [5.41, 5.74) is 2.45. The van der Waals surface area contributed by atoms with Gasteiger partial charge in [-0.15, -0.1) is 0 Å². The third-order valence-electron chi connectivity index (χ3n) is 4.63. The van der Waals surface area contributed by atoms with E-state index < -0.39 is 0 Å². The second-order valence-corrected chi connectivity index (χ2v) is 7.19. The Bertz CT molecular complexity index is 530. The van der Waals surface area contributed by atoms with Gasteiger partial charge in [0.05, 0.1) is 5.69 Å². The van der Waals surface area contributed by atoms with Gasteiger partial charge >= 0.3 is 0 Å². The Hall–Kier alpha value is -1.56. The minimum absolute atomic E-state index is 0.430. The highest BCUT2D eigenvalue weighted by atomic mass is 15.3. The molecule has 1 aromatic rings. The molecule has 6 heteroatoms. The molecule has 0 unspecified atom stereocenters. The molecule has 1 aromatic heterocycles. The fourth-order valence-electron chi connectivity index (χ4n) is 3.13. The predicted octanol–water partition coefficient (Wildman–Crippen LogP) is 3.06. The van der Waals surface area contributed by atoms with Crippen LogP contribution >= 0.6 is 0 Å². The van der Waals surface area contributed by atoms with Crippen molar-refractivity contribution in [3.8, 4) is 0 Å². The Morgan fingerprint density at radius 2 is 1.92 bits per heavy atom. The number of aliphatic imine (C=N–C) groups is 1. The topological polar surface area (TPSA) is 48.7 Å². The quantitative estimate of drug-likeness (QED) is 0.372. The van der Waals surface area contributed by atoms with Gasteiger partial charge in [-0.2, -0.15) is 5.10 Å². The van der Waals surface area contributed by atoms with Crippen molar-refractivity contribution >= 4 is 5.96 Å². The summed E-state index contributed by atoms with van der Waals surface area (Å²) in [7, 11) is 4.10. The van der Waals surface area contributed by atoms with Crippen LogP contribution in [0.15, 0.2) is 11.2 Å². The molecule has 150 valence electrons. The first-order chi connectivity index (χ1) is 12.4. The maximum atomic E-state index is 4.83. The van der Waals surface area contributed by atoms with E-state index in [4.69, 9.17) is 4.99 Å². The molecule has 26 heavy (non-hydrogen) atoms. The Kier molecular flexibility index (Phi) is 10.3. The van der Waals surface area contributed by atoms with Crippen molar-refractivity contribution in [1.29, 1.82) is 0 Å². The molecule has 0 spiro atoms. The average molecular weight is 365 g/mol. The minimum Gasteiger partial charge on any atom is -0.357 e. The molecule has 6 nitrogen and oxygen atoms in total. The maximum absolute atomic E-state index is 4.83. The summed E-state index contributed by atoms with van der Waals surface area (Å²) in [6, 6.07) is 0. The summed E-state index contributed by atoms with van der Waals surface area (Å²) in [5, 5.41) is 8.03. The molecule has 0 atom stereocenters. The molecule has 0 aliphatic rings. The lowest BCUT2D eigenvalue weighted by atomic mass is 10.1. The van der Waals surface area contributed by atoms with Gasteiger partial charge in [-0.05, 0) is 45.3 Å². The van der Waals surface area contributed by atoms with Crippen LogP contribution in [-0.4, -0.2) is 65.3 Å². The maximum Gasteiger partial charge on any atom is 0.193 e. The van der Waals surface area contributed by atoms with Gasteiger partial charge < -0.3 is 15.1 Å². The second-order valence-electron chi connectivity index (χ2n) is 7.19. The smallest absolute Gasteiger partial charge is 0.193 e. The van der Waals surface area contributed by atoms with E-state index in [1.807, 2.05) is 11.7 Å². The number of guanidine groups is 1. The van der Waals surface area contributed by atoms with Gasteiger partial charge in [0.1, 0.15) is 0 Å². The lowest BCUT2D eigenvalue weighted by Gasteiger charge is -2.22. The van der Waals surface area contributed by atoms with Crippen LogP contribution in [0.3, 0.4) is 0 Å². The molecular formula is C20H40N6. The summed E-state index contributed by atoms with van der Waals surface area (Å²) in [4.78, 5) is 9.50. The van der Waals surface area contributed by atoms with Crippen LogP contribution < -0.4 is 5.32 Å². The monoisotopic (exact) mass is 364 g/mol. The summed E-state index contributed by atoms with van der Waals surface area (Å²) in [6.07, 6.45) is 4.46. The summed E-state index contributed by atoms with van der Waals surface area (Å²) in [6.45, 7) is 17.0. The van der Waals surface area contributed by atoms with Crippen molar-refractivity contribution in [3.05, 3.63) is 17.5 Å². The summed E-state index contributed by atoms with van der Waals surface area (Å²) < 4.78 is 1.91. The zero-order chi connectivity index (χ0) is 19.5. The van der Waals surface area contributed by atoms with Crippen molar-refractivity contribution < 1.29 is 0 Å². The number of hydrogen-bond acceptors (Lipinski definition) is 3. The Balaban J connectivity index is 2.62. The molecular weight excluding hydrogens is 324 g/mol. The van der Waals surface area contributed by atoms with Crippen molar-refractivity contribution in [3.63, 3.8) is 0 Å². The molecule has 0 saturated heterocycles. The van der Waals surface area contributed by atoms with E-state index in [-0.39, 0.29) is 0 Å². The zero-order valence-electron chi connectivity index (χ0n) is 18.0. The van der Waals surface area contributed by atoms with E-state index >= 15 is 0 Å². The number of unbranched alkanes of at least 4 members (excludes halogenated alkanes) is 1. The number of aromatic nitrogens is 2. The van der Waals surface area contributed by atoms with Crippen LogP contribution in [0, 0.1) is 0 Å². The minimum atomic E-state index is 0.430. The molecule has 1 rings (SSSR count). The molecule has 0 saturated carbocycles. The molecule has 0 amide bonds. The van der Waals surface area contributed by atoms with E-state index in [9.17, 15) is 0 Å². The van der Waals surface area contributed by atoms with Gasteiger partial charge in [-0.25, -0.2) is 0 Å². The van der Waals surface area contributed by atoms with Gasteiger partial charge in [0.2, 0.25) is 0 Å². The van der Waals surface area contributed by atoms with Crippen LogP contribution in [0.5, 0.6) is 0 Å². The van der Waals surface area contributed by atoms with Gasteiger partial charge in [0.15, 0.2) is 5.96 Å². The van der Waals surface area contributed by atoms with Crippen molar-refractivity contribution in [2.75, 3.05) is 39.8 Å². The molecule has 1 N–H and O–H groups in total. The molecule has 0 bridgehead atoms. The van der Waals surface area contributed by atoms with Gasteiger partial charge in [0.25, 0.3) is 0 Å². The van der Waals surface area contributed by atoms with Crippen LogP contribution in [0.2, 0.25) is 0 Å². The standard InChI is InChI=1S/C20H40N6/c1-8-21-20(22-13-11-12-14-26(9-2)10-3)24(6)15-18-16-25(7)23-19(18)17(4)5/h16-17H,8-15H2,1-7H3,(H,21,22). The first-order valence-corrected chi connectivity index (χ1v) is 10.2. The average Bonchev–Trinajstić information content (AvgIpc) is 2.97. The van der Waals surface area contributed by atoms with E-state index in [2.05, 4.69) is 68.1 Å². The SMILES string of the molecule is CCNC(=NCCCCN(CC)CC)N(C)Cc1cn(C)nc1C(C)C. The van der Waals surface area contributed by atoms with Crippen LogP contribution in [0.1, 0.15) is 64.6 Å². The van der Waals surface area contributed by atoms with Crippen LogP contribution in [0.25, 0.3) is 0 Å². The third-order valence-corrected chi connectivity index (χ3v) is 4.63. The molecule has 0 fully saturated rings. The van der Waals surface area contributed by atoms with E-state index in [0.29, 0.717) is 5.92 Å². The van der Waals surface area contributed by atoms with Gasteiger partial charge in [-0.3, -0.25) is 9.67 Å². The van der Waals surface area contributed by atoms with E-state index in [0.717, 1.165) is 45.1 Å². The summed E-state index contributed by atoms with van der Waals surface area (Å²) in [5.74, 6) is 1.41. The van der Waals surface area contributed by atoms with Crippen molar-refractivity contribution in [2.24, 2.45) is 12.0 Å². The fourth-order valence-corrected chi connectivity index (χ4v) is 3.13. The number of nitrogens with zero attached hydrogens (tertiary/aromatic N) is 5. The van der Waals surface area contributed by atoms with E-state index in [1.54, 1.807) is 0 Å². The number of aryl methyl sites for hydroxylation is 1. The Morgan fingerprint density at radius 1 is 1.23 bits per heavy atom. The van der Waals surface area contributed by atoms with Crippen molar-refractivity contribution in [2.45, 2.75) is 59.9 Å². The van der Waals surface area contributed by atoms with Gasteiger partial charge in [0, 0.05) is 45.5 Å². The zero-order valence-corrected chi connectivity index (χ0v) is 18.0. The second kappa shape index (κ2) is 11.9. The molecule has 0 aliphatic heterocycles. The summed E-state index contributed by atoms with van der Waals surface area (Å²) >= 11 is 0. The van der Waals surface area contributed by atoms with Crippen molar-refractivity contribution in [1.82, 2.24) is 24.9 Å². The number of hydrogen-bond donors (Lipinski definition) is 1. The fraction of sp³-hybridized carbons (Fsp3) is 0.800. The normalized spacial score (nSPS) is 12.3. The number of rotatable bonds is 11. The van der Waals surface area contributed by atoms with Crippen LogP contribution in [-0.2, 0) is 13.6 Å². The number of nitrogens with one attached hydrogen (secondary N) is 1. The Morgan fingerprint density at radius 3 is 2.50 bits per heavy atom. The van der Waals surface area contributed by atoms with E-state index in [1.165, 1.54) is 24.2 Å². The molecule has 0 aromatic carbocycles. The predicted molar refractivity (Wildman–Crippen MR) is 112 cm³/mol. The molecule has 0 radical (unpaired) electrons. The van der Waals surface area contributed by atoms with Crippen LogP contribution in [0.4, 0.5) is 0 Å². The third kappa shape index (κ3) is 7.36. The largest absolute Gasteiger partial charge is 0.357 e. The highest BCUT2D eigenvalue weighted by molar-refractivity contribution is 5.79. The molecule has 0 aliphatic carbocycles. The first kappa shape index (κ1) is 22.5. The Labute approximate surface area is 160 Å². The highest BCUT2D eigenvalue weighted by Gasteiger charge is 2.15. The van der Waals surface area contributed by atoms with Gasteiger partial charge in [-0.1, -0.05) is 27.7 Å².